The van der Waals surface area contributed by atoms with E-state index in [0.717, 1.165) is 44.7 Å². The summed E-state index contributed by atoms with van der Waals surface area (Å²) in [5, 5.41) is 0. The van der Waals surface area contributed by atoms with Gasteiger partial charge < -0.3 is 14.5 Å². The van der Waals surface area contributed by atoms with E-state index in [1.165, 1.54) is 13.5 Å². The van der Waals surface area contributed by atoms with Gasteiger partial charge in [-0.2, -0.15) is 0 Å². The standard InChI is InChI=1S/C17H22N2O3/c1-22-17(21)14-5-7-15(8-6-14)18-9-11-19(12-10-18)16(20)13-3-2-4-13/h5-8,13H,2-4,9-12H2,1H3. The number of hydrogen-bond donors (Lipinski definition) is 0. The molecule has 1 saturated carbocycles. The van der Waals surface area contributed by atoms with E-state index in [0.29, 0.717) is 11.5 Å². The monoisotopic (exact) mass is 302 g/mol. The molecule has 0 bridgehead atoms. The molecule has 0 radical (unpaired) electrons. The number of carbonyl (C=O) groups is 2. The van der Waals surface area contributed by atoms with Crippen LogP contribution in [0.3, 0.4) is 0 Å². The third-order valence-electron chi connectivity index (χ3n) is 4.70. The molecule has 22 heavy (non-hydrogen) atoms. The number of anilines is 1. The quantitative estimate of drug-likeness (QED) is 0.801. The lowest BCUT2D eigenvalue weighted by atomic mass is 9.84. The van der Waals surface area contributed by atoms with Gasteiger partial charge in [0.2, 0.25) is 5.91 Å². The van der Waals surface area contributed by atoms with E-state index < -0.39 is 0 Å². The minimum atomic E-state index is -0.317. The van der Waals surface area contributed by atoms with Crippen LogP contribution in [0.15, 0.2) is 24.3 Å². The maximum Gasteiger partial charge on any atom is 0.337 e. The first-order chi connectivity index (χ1) is 10.7. The average Bonchev–Trinajstić information content (AvgIpc) is 2.53. The van der Waals surface area contributed by atoms with Gasteiger partial charge >= 0.3 is 5.97 Å². The second-order valence-electron chi connectivity index (χ2n) is 5.98. The zero-order valence-electron chi connectivity index (χ0n) is 13.0. The van der Waals surface area contributed by atoms with Gasteiger partial charge in [0.15, 0.2) is 0 Å². The number of ether oxygens (including phenoxy) is 1. The third-order valence-corrected chi connectivity index (χ3v) is 4.70. The Morgan fingerprint density at radius 2 is 1.68 bits per heavy atom. The van der Waals surface area contributed by atoms with Crippen molar-refractivity contribution < 1.29 is 14.3 Å². The van der Waals surface area contributed by atoms with E-state index >= 15 is 0 Å². The van der Waals surface area contributed by atoms with Crippen LogP contribution in [0.5, 0.6) is 0 Å². The fourth-order valence-electron chi connectivity index (χ4n) is 3.02. The highest BCUT2D eigenvalue weighted by atomic mass is 16.5. The van der Waals surface area contributed by atoms with E-state index in [1.54, 1.807) is 12.1 Å². The van der Waals surface area contributed by atoms with Gasteiger partial charge in [-0.05, 0) is 37.1 Å². The summed E-state index contributed by atoms with van der Waals surface area (Å²) in [4.78, 5) is 27.9. The molecule has 0 aromatic heterocycles. The number of rotatable bonds is 3. The molecule has 1 heterocycles. The third kappa shape index (κ3) is 2.93. The largest absolute Gasteiger partial charge is 0.465 e. The number of amides is 1. The van der Waals surface area contributed by atoms with Crippen LogP contribution >= 0.6 is 0 Å². The molecule has 1 amide bonds. The lowest BCUT2D eigenvalue weighted by Gasteiger charge is -2.39. The van der Waals surface area contributed by atoms with Crippen molar-refractivity contribution in [3.63, 3.8) is 0 Å². The van der Waals surface area contributed by atoms with Crippen molar-refractivity contribution >= 4 is 17.6 Å². The smallest absolute Gasteiger partial charge is 0.337 e. The minimum absolute atomic E-state index is 0.283. The maximum absolute atomic E-state index is 12.2. The van der Waals surface area contributed by atoms with Gasteiger partial charge in [0.25, 0.3) is 0 Å². The van der Waals surface area contributed by atoms with Crippen molar-refractivity contribution in [2.75, 3.05) is 38.2 Å². The second kappa shape index (κ2) is 6.38. The molecule has 2 aliphatic rings. The van der Waals surface area contributed by atoms with Crippen molar-refractivity contribution in [3.05, 3.63) is 29.8 Å². The summed E-state index contributed by atoms with van der Waals surface area (Å²) < 4.78 is 4.70. The molecule has 5 nitrogen and oxygen atoms in total. The van der Waals surface area contributed by atoms with Gasteiger partial charge in [0, 0.05) is 37.8 Å². The molecule has 0 N–H and O–H groups in total. The van der Waals surface area contributed by atoms with Crippen LogP contribution in [0.25, 0.3) is 0 Å². The second-order valence-corrected chi connectivity index (χ2v) is 5.98. The number of hydrogen-bond acceptors (Lipinski definition) is 4. The summed E-state index contributed by atoms with van der Waals surface area (Å²) in [5.74, 6) is 0.306. The van der Waals surface area contributed by atoms with Gasteiger partial charge in [0.05, 0.1) is 12.7 Å². The fraction of sp³-hybridized carbons (Fsp3) is 0.529. The van der Waals surface area contributed by atoms with E-state index in [-0.39, 0.29) is 11.9 Å². The molecular weight excluding hydrogens is 280 g/mol. The summed E-state index contributed by atoms with van der Waals surface area (Å²) in [5.41, 5.74) is 1.65. The van der Waals surface area contributed by atoms with Crippen molar-refractivity contribution in [2.24, 2.45) is 5.92 Å². The first-order valence-electron chi connectivity index (χ1n) is 7.91. The van der Waals surface area contributed by atoms with Gasteiger partial charge in [-0.15, -0.1) is 0 Å². The van der Waals surface area contributed by atoms with Crippen LogP contribution in [-0.4, -0.2) is 50.1 Å². The Hall–Kier alpha value is -2.04. The SMILES string of the molecule is COC(=O)c1ccc(N2CCN(C(=O)C3CCC3)CC2)cc1. The summed E-state index contributed by atoms with van der Waals surface area (Å²) in [7, 11) is 1.38. The molecule has 1 aromatic carbocycles. The normalized spacial score (nSPS) is 18.8. The maximum atomic E-state index is 12.2. The minimum Gasteiger partial charge on any atom is -0.465 e. The van der Waals surface area contributed by atoms with Gasteiger partial charge in [-0.25, -0.2) is 4.79 Å². The van der Waals surface area contributed by atoms with Crippen molar-refractivity contribution in [2.45, 2.75) is 19.3 Å². The first kappa shape index (κ1) is 14.9. The van der Waals surface area contributed by atoms with Crippen molar-refractivity contribution in [1.29, 1.82) is 0 Å². The highest BCUT2D eigenvalue weighted by Crippen LogP contribution is 2.29. The Morgan fingerprint density at radius 1 is 1.05 bits per heavy atom. The zero-order valence-corrected chi connectivity index (χ0v) is 13.0. The van der Waals surface area contributed by atoms with Gasteiger partial charge in [-0.1, -0.05) is 6.42 Å². The Balaban J connectivity index is 1.56. The highest BCUT2D eigenvalue weighted by molar-refractivity contribution is 5.89. The Kier molecular flexibility index (Phi) is 4.32. The van der Waals surface area contributed by atoms with Crippen molar-refractivity contribution in [3.8, 4) is 0 Å². The molecule has 0 spiro atoms. The number of carbonyl (C=O) groups excluding carboxylic acids is 2. The lowest BCUT2D eigenvalue weighted by Crippen LogP contribution is -2.51. The van der Waals surface area contributed by atoms with Crippen LogP contribution in [0.2, 0.25) is 0 Å². The predicted molar refractivity (Wildman–Crippen MR) is 83.9 cm³/mol. The molecule has 2 fully saturated rings. The van der Waals surface area contributed by atoms with E-state index in [1.807, 2.05) is 17.0 Å². The van der Waals surface area contributed by atoms with Crippen LogP contribution in [-0.2, 0) is 9.53 Å². The molecule has 5 heteroatoms. The number of benzene rings is 1. The molecule has 1 aliphatic carbocycles. The van der Waals surface area contributed by atoms with E-state index in [2.05, 4.69) is 4.90 Å². The van der Waals surface area contributed by atoms with Crippen LogP contribution in [0.4, 0.5) is 5.69 Å². The molecule has 1 saturated heterocycles. The number of esters is 1. The van der Waals surface area contributed by atoms with E-state index in [4.69, 9.17) is 4.74 Å². The Morgan fingerprint density at radius 3 is 2.18 bits per heavy atom. The predicted octanol–water partition coefficient (Wildman–Crippen LogP) is 1.92. The van der Waals surface area contributed by atoms with Gasteiger partial charge in [-0.3, -0.25) is 4.79 Å². The van der Waals surface area contributed by atoms with Crippen LogP contribution in [0.1, 0.15) is 29.6 Å². The molecule has 0 unspecified atom stereocenters. The summed E-state index contributed by atoms with van der Waals surface area (Å²) in [6.45, 7) is 3.26. The highest BCUT2D eigenvalue weighted by Gasteiger charge is 2.31. The average molecular weight is 302 g/mol. The molecule has 1 aliphatic heterocycles. The summed E-state index contributed by atoms with van der Waals surface area (Å²) in [6, 6.07) is 7.45. The summed E-state index contributed by atoms with van der Waals surface area (Å²) >= 11 is 0. The Bertz CT molecular complexity index is 544. The number of nitrogens with zero attached hydrogens (tertiary/aromatic N) is 2. The first-order valence-corrected chi connectivity index (χ1v) is 7.91. The molecule has 118 valence electrons. The molecule has 0 atom stereocenters. The number of piperazine rings is 1. The lowest BCUT2D eigenvalue weighted by molar-refractivity contribution is -0.138. The van der Waals surface area contributed by atoms with E-state index in [9.17, 15) is 9.59 Å². The molecular formula is C17H22N2O3. The van der Waals surface area contributed by atoms with Crippen LogP contribution in [0, 0.1) is 5.92 Å². The summed E-state index contributed by atoms with van der Waals surface area (Å²) in [6.07, 6.45) is 3.32. The van der Waals surface area contributed by atoms with Crippen LogP contribution < -0.4 is 4.90 Å². The zero-order chi connectivity index (χ0) is 15.5. The Labute approximate surface area is 130 Å². The molecule has 3 rings (SSSR count). The van der Waals surface area contributed by atoms with Crippen molar-refractivity contribution in [1.82, 2.24) is 4.90 Å². The molecule has 1 aromatic rings. The van der Waals surface area contributed by atoms with Gasteiger partial charge in [0.1, 0.15) is 0 Å². The number of methoxy groups -OCH3 is 1. The topological polar surface area (TPSA) is 49.9 Å². The fourth-order valence-corrected chi connectivity index (χ4v) is 3.02.